The molecule has 54 heavy (non-hydrogen) atoms. The molecule has 0 fully saturated rings. The normalized spacial score (nSPS) is 18.6. The highest BCUT2D eigenvalue weighted by Crippen LogP contribution is 2.46. The van der Waals surface area contributed by atoms with Crippen LogP contribution in [0.25, 0.3) is 5.57 Å². The van der Waals surface area contributed by atoms with Gasteiger partial charge in [0, 0.05) is 45.9 Å². The van der Waals surface area contributed by atoms with Gasteiger partial charge < -0.3 is 14.5 Å². The van der Waals surface area contributed by atoms with E-state index >= 15 is 0 Å². The monoisotopic (exact) mass is 741 g/mol. The van der Waals surface area contributed by atoms with Crippen molar-refractivity contribution in [2.45, 2.75) is 23.6 Å². The molecular formula is C48H43N3OS2. The number of likely N-dealkylation sites (N-methyl/N-ethyl adjacent to an activating group) is 1. The van der Waals surface area contributed by atoms with Crippen LogP contribution < -0.4 is 14.5 Å². The maximum absolute atomic E-state index is 6.28. The Hall–Kier alpha value is -5.69. The number of ether oxygens (including phenoxy) is 1. The van der Waals surface area contributed by atoms with Crippen molar-refractivity contribution in [2.24, 2.45) is 4.99 Å². The van der Waals surface area contributed by atoms with E-state index in [-0.39, 0.29) is 5.37 Å². The Labute approximate surface area is 328 Å². The summed E-state index contributed by atoms with van der Waals surface area (Å²) in [7, 11) is 2.19. The molecule has 6 heteroatoms. The van der Waals surface area contributed by atoms with Crippen LogP contribution in [0.3, 0.4) is 0 Å². The number of fused-ring (bicyclic) bond motifs is 1. The zero-order chi connectivity index (χ0) is 37.3. The van der Waals surface area contributed by atoms with Crippen LogP contribution in [0.1, 0.15) is 24.5 Å². The molecule has 268 valence electrons. The first-order valence-electron chi connectivity index (χ1n) is 18.0. The van der Waals surface area contributed by atoms with Crippen molar-refractivity contribution < 1.29 is 4.74 Å². The van der Waals surface area contributed by atoms with Crippen molar-refractivity contribution in [1.82, 2.24) is 0 Å². The van der Waals surface area contributed by atoms with E-state index in [4.69, 9.17) is 9.73 Å². The average molecular weight is 742 g/mol. The molecule has 0 N–H and O–H groups in total. The van der Waals surface area contributed by atoms with E-state index in [0.717, 1.165) is 68.2 Å². The van der Waals surface area contributed by atoms with E-state index < -0.39 is 0 Å². The summed E-state index contributed by atoms with van der Waals surface area (Å²) in [6, 6.07) is 35.9. The van der Waals surface area contributed by atoms with Crippen molar-refractivity contribution in [3.63, 3.8) is 0 Å². The number of nitrogens with zero attached hydrogens (tertiary/aromatic N) is 3. The van der Waals surface area contributed by atoms with Gasteiger partial charge in [-0.15, -0.1) is 11.8 Å². The fourth-order valence-electron chi connectivity index (χ4n) is 6.52. The van der Waals surface area contributed by atoms with Crippen LogP contribution in [0.2, 0.25) is 0 Å². The van der Waals surface area contributed by atoms with Crippen LogP contribution in [-0.4, -0.2) is 23.2 Å². The van der Waals surface area contributed by atoms with Crippen molar-refractivity contribution in [3.8, 4) is 5.75 Å². The molecule has 0 saturated carbocycles. The van der Waals surface area contributed by atoms with Gasteiger partial charge in [0.2, 0.25) is 0 Å². The van der Waals surface area contributed by atoms with Crippen LogP contribution in [0, 0.1) is 0 Å². The number of anilines is 3. The summed E-state index contributed by atoms with van der Waals surface area (Å²) in [5, 5.41) is 1.18. The molecule has 4 aromatic carbocycles. The molecule has 2 aliphatic heterocycles. The number of thioether (sulfide) groups is 2. The Morgan fingerprint density at radius 3 is 2.37 bits per heavy atom. The fourth-order valence-corrected chi connectivity index (χ4v) is 8.68. The van der Waals surface area contributed by atoms with Crippen LogP contribution in [0.5, 0.6) is 5.75 Å². The summed E-state index contributed by atoms with van der Waals surface area (Å²) in [6.45, 7) is 10.0. The number of benzene rings is 4. The summed E-state index contributed by atoms with van der Waals surface area (Å²) in [6.07, 6.45) is 23.9. The maximum Gasteiger partial charge on any atom is 0.126 e. The molecule has 0 aromatic heterocycles. The van der Waals surface area contributed by atoms with Crippen LogP contribution in [0.15, 0.2) is 216 Å². The van der Waals surface area contributed by atoms with Crippen molar-refractivity contribution in [1.29, 1.82) is 0 Å². The first-order chi connectivity index (χ1) is 26.5. The molecule has 3 aliphatic rings. The van der Waals surface area contributed by atoms with Gasteiger partial charge in [0.25, 0.3) is 0 Å². The molecule has 1 unspecified atom stereocenters. The summed E-state index contributed by atoms with van der Waals surface area (Å²) in [5.74, 6) is 2.45. The lowest BCUT2D eigenvalue weighted by Crippen LogP contribution is -2.25. The van der Waals surface area contributed by atoms with Crippen LogP contribution in [-0.2, 0) is 0 Å². The number of aliphatic imine (C=N–C) groups is 1. The van der Waals surface area contributed by atoms with E-state index in [1.54, 1.807) is 17.8 Å². The molecule has 1 aliphatic carbocycles. The Bertz CT molecular complexity index is 2250. The minimum absolute atomic E-state index is 0.222. The second-order valence-corrected chi connectivity index (χ2v) is 15.0. The fraction of sp³-hybridized carbons (Fsp3) is 0.104. The second-order valence-electron chi connectivity index (χ2n) is 12.9. The topological polar surface area (TPSA) is 28.1 Å². The molecule has 7 rings (SSSR count). The smallest absolute Gasteiger partial charge is 0.126 e. The quantitative estimate of drug-likeness (QED) is 0.119. The van der Waals surface area contributed by atoms with Crippen molar-refractivity contribution in [3.05, 3.63) is 217 Å². The third-order valence-electron chi connectivity index (χ3n) is 9.20. The van der Waals surface area contributed by atoms with E-state index in [0.29, 0.717) is 0 Å². The van der Waals surface area contributed by atoms with Gasteiger partial charge >= 0.3 is 0 Å². The first-order valence-corrected chi connectivity index (χ1v) is 19.9. The number of allylic oxidation sites excluding steroid dienone is 11. The molecule has 0 amide bonds. The van der Waals surface area contributed by atoms with Gasteiger partial charge in [0.05, 0.1) is 11.4 Å². The zero-order valence-corrected chi connectivity index (χ0v) is 32.3. The lowest BCUT2D eigenvalue weighted by molar-refractivity contribution is 0.431. The lowest BCUT2D eigenvalue weighted by Gasteiger charge is -2.27. The van der Waals surface area contributed by atoms with Gasteiger partial charge in [0.1, 0.15) is 21.9 Å². The summed E-state index contributed by atoms with van der Waals surface area (Å²) in [4.78, 5) is 10.9. The SMILES string of the molecule is C=C/C=C\C(=C(/C)Oc1ccccc1)c1ccc(N(C2=CCC=C(C3Sc4ccccc4N3C)C=C2)c2ccc(C3=NC(=C)/C=C\C=C/CS3)cc2)cc1. The summed E-state index contributed by atoms with van der Waals surface area (Å²) >= 11 is 3.63. The number of hydrogen-bond donors (Lipinski definition) is 0. The lowest BCUT2D eigenvalue weighted by atomic mass is 10.0. The zero-order valence-electron chi connectivity index (χ0n) is 30.6. The molecule has 4 nitrogen and oxygen atoms in total. The van der Waals surface area contributed by atoms with E-state index in [1.807, 2.05) is 73.3 Å². The van der Waals surface area contributed by atoms with E-state index in [2.05, 4.69) is 139 Å². The standard InChI is InChI=1S/C48H43N3OS2/c1-5-6-21-44(36(3)52-43-19-10-7-11-20-43)37-24-29-41(30-25-37)51(42-31-26-38(27-32-42)47-49-35(2)16-9-8-14-34-53-47)40-18-15-17-39(28-33-40)48-50(4)45-22-12-13-23-46(45)54-48/h5-14,16-33,48H,1-2,15,34H2,3-4H3/b14-8-,16-9-,21-6-,44-36-,49-47?. The van der Waals surface area contributed by atoms with Gasteiger partial charge in [-0.2, -0.15) is 0 Å². The third kappa shape index (κ3) is 8.57. The predicted octanol–water partition coefficient (Wildman–Crippen LogP) is 12.8. The van der Waals surface area contributed by atoms with Gasteiger partial charge in [-0.1, -0.05) is 134 Å². The Morgan fingerprint density at radius 2 is 1.61 bits per heavy atom. The summed E-state index contributed by atoms with van der Waals surface area (Å²) in [5.41, 5.74) is 9.64. The molecule has 0 saturated heterocycles. The highest BCUT2D eigenvalue weighted by atomic mass is 32.2. The molecule has 4 aromatic rings. The molecular weight excluding hydrogens is 699 g/mol. The Balaban J connectivity index is 1.23. The van der Waals surface area contributed by atoms with Gasteiger partial charge in [-0.3, -0.25) is 0 Å². The van der Waals surface area contributed by atoms with Crippen molar-refractivity contribution in [2.75, 3.05) is 22.6 Å². The van der Waals surface area contributed by atoms with Crippen LogP contribution >= 0.6 is 23.5 Å². The minimum atomic E-state index is 0.222. The van der Waals surface area contributed by atoms with Gasteiger partial charge in [-0.25, -0.2) is 4.99 Å². The number of hydrogen-bond acceptors (Lipinski definition) is 6. The second kappa shape index (κ2) is 17.4. The highest BCUT2D eigenvalue weighted by Gasteiger charge is 2.29. The third-order valence-corrected chi connectivity index (χ3v) is 11.6. The average Bonchev–Trinajstić information content (AvgIpc) is 3.41. The largest absolute Gasteiger partial charge is 0.461 e. The number of para-hydroxylation sites is 2. The van der Waals surface area contributed by atoms with Crippen molar-refractivity contribution >= 4 is 51.2 Å². The van der Waals surface area contributed by atoms with Gasteiger partial charge in [0.15, 0.2) is 0 Å². The Kier molecular flexibility index (Phi) is 11.8. The molecule has 0 radical (unpaired) electrons. The molecule has 0 bridgehead atoms. The van der Waals surface area contributed by atoms with Gasteiger partial charge in [-0.05, 0) is 85.2 Å². The maximum atomic E-state index is 6.28. The number of rotatable bonds is 10. The highest BCUT2D eigenvalue weighted by molar-refractivity contribution is 8.14. The molecule has 1 atom stereocenters. The molecule has 2 heterocycles. The Morgan fingerprint density at radius 1 is 0.870 bits per heavy atom. The van der Waals surface area contributed by atoms with Crippen LogP contribution in [0.4, 0.5) is 17.1 Å². The predicted molar refractivity (Wildman–Crippen MR) is 235 cm³/mol. The van der Waals surface area contributed by atoms with E-state index in [9.17, 15) is 0 Å². The summed E-state index contributed by atoms with van der Waals surface area (Å²) < 4.78 is 6.28. The van der Waals surface area contributed by atoms with E-state index in [1.165, 1.54) is 16.2 Å². The molecule has 0 spiro atoms. The minimum Gasteiger partial charge on any atom is -0.461 e. The first kappa shape index (κ1) is 36.7.